The van der Waals surface area contributed by atoms with E-state index in [9.17, 15) is 4.79 Å². The summed E-state index contributed by atoms with van der Waals surface area (Å²) in [6.45, 7) is 4.49. The lowest BCUT2D eigenvalue weighted by Crippen LogP contribution is -2.43. The quantitative estimate of drug-likeness (QED) is 0.863. The highest BCUT2D eigenvalue weighted by Crippen LogP contribution is 2.18. The molecule has 1 aliphatic heterocycles. The summed E-state index contributed by atoms with van der Waals surface area (Å²) in [4.78, 5) is 20.7. The van der Waals surface area contributed by atoms with Crippen LogP contribution in [0.2, 0.25) is 0 Å². The number of aromatic nitrogens is 1. The van der Waals surface area contributed by atoms with E-state index in [1.54, 1.807) is 22.4 Å². The Kier molecular flexibility index (Phi) is 6.42. The van der Waals surface area contributed by atoms with Crippen molar-refractivity contribution in [2.24, 2.45) is 5.92 Å². The molecule has 1 fully saturated rings. The van der Waals surface area contributed by atoms with Crippen molar-refractivity contribution in [3.05, 3.63) is 52.5 Å². The fraction of sp³-hybridized carbons (Fsp3) is 0.474. The number of hydrogen-bond acceptors (Lipinski definition) is 4. The van der Waals surface area contributed by atoms with E-state index in [0.29, 0.717) is 12.5 Å². The number of hydrogen-bond donors (Lipinski definition) is 1. The average molecular weight is 359 g/mol. The van der Waals surface area contributed by atoms with Crippen molar-refractivity contribution in [1.29, 1.82) is 0 Å². The number of carbonyl (C=O) groups excluding carboxylic acids is 1. The van der Waals surface area contributed by atoms with Crippen LogP contribution in [0, 0.1) is 5.92 Å². The number of nitrogens with zero attached hydrogens (tertiary/aromatic N) is 3. The smallest absolute Gasteiger partial charge is 0.317 e. The Labute approximate surface area is 153 Å². The summed E-state index contributed by atoms with van der Waals surface area (Å²) in [6, 6.07) is 10.6. The van der Waals surface area contributed by atoms with E-state index in [1.807, 2.05) is 12.4 Å². The molecule has 2 amide bonds. The van der Waals surface area contributed by atoms with Crippen molar-refractivity contribution in [3.63, 3.8) is 0 Å². The second-order valence-corrected chi connectivity index (χ2v) is 7.68. The summed E-state index contributed by atoms with van der Waals surface area (Å²) in [5.41, 5.74) is 1.36. The molecule has 2 heterocycles. The van der Waals surface area contributed by atoms with Crippen molar-refractivity contribution in [1.82, 2.24) is 20.1 Å². The summed E-state index contributed by atoms with van der Waals surface area (Å²) in [6.07, 6.45) is 4.15. The fourth-order valence-electron chi connectivity index (χ4n) is 3.28. The molecule has 25 heavy (non-hydrogen) atoms. The summed E-state index contributed by atoms with van der Waals surface area (Å²) < 4.78 is 0. The van der Waals surface area contributed by atoms with Gasteiger partial charge in [0.25, 0.3) is 0 Å². The maximum atomic E-state index is 12.3. The van der Waals surface area contributed by atoms with Crippen LogP contribution >= 0.6 is 11.3 Å². The monoisotopic (exact) mass is 358 g/mol. The molecule has 1 aliphatic rings. The first kappa shape index (κ1) is 17.9. The van der Waals surface area contributed by atoms with E-state index in [1.165, 1.54) is 18.4 Å². The Bertz CT molecular complexity index is 647. The minimum atomic E-state index is -0.0182. The molecule has 1 aromatic heterocycles. The first-order valence-electron chi connectivity index (χ1n) is 8.84. The zero-order chi connectivity index (χ0) is 17.5. The summed E-state index contributed by atoms with van der Waals surface area (Å²) >= 11 is 1.58. The molecule has 2 aromatic rings. The predicted molar refractivity (Wildman–Crippen MR) is 101 cm³/mol. The predicted octanol–water partition coefficient (Wildman–Crippen LogP) is 3.20. The summed E-state index contributed by atoms with van der Waals surface area (Å²) in [7, 11) is 1.82. The minimum absolute atomic E-state index is 0.0182. The zero-order valence-corrected chi connectivity index (χ0v) is 15.5. The van der Waals surface area contributed by atoms with Crippen molar-refractivity contribution in [2.45, 2.75) is 25.9 Å². The highest BCUT2D eigenvalue weighted by Gasteiger charge is 2.21. The number of urea groups is 1. The number of piperidine rings is 1. The topological polar surface area (TPSA) is 48.5 Å². The molecule has 134 valence electrons. The van der Waals surface area contributed by atoms with Gasteiger partial charge in [-0.15, -0.1) is 11.3 Å². The van der Waals surface area contributed by atoms with Gasteiger partial charge in [-0.2, -0.15) is 0 Å². The number of nitrogens with one attached hydrogen (secondary N) is 1. The lowest BCUT2D eigenvalue weighted by atomic mass is 9.97. The normalized spacial score (nSPS) is 18.0. The van der Waals surface area contributed by atoms with Gasteiger partial charge in [0.2, 0.25) is 0 Å². The van der Waals surface area contributed by atoms with Gasteiger partial charge in [-0.25, -0.2) is 9.78 Å². The molecule has 1 aromatic carbocycles. The Balaban J connectivity index is 1.42. The molecule has 0 spiro atoms. The van der Waals surface area contributed by atoms with Gasteiger partial charge in [0.15, 0.2) is 0 Å². The van der Waals surface area contributed by atoms with Crippen LogP contribution in [0.15, 0.2) is 41.9 Å². The van der Waals surface area contributed by atoms with Gasteiger partial charge in [0, 0.05) is 38.3 Å². The number of likely N-dealkylation sites (tertiary alicyclic amines) is 1. The van der Waals surface area contributed by atoms with Gasteiger partial charge in [-0.05, 0) is 30.9 Å². The molecule has 0 radical (unpaired) electrons. The molecule has 5 nitrogen and oxygen atoms in total. The van der Waals surface area contributed by atoms with Crippen LogP contribution in [0.5, 0.6) is 0 Å². The van der Waals surface area contributed by atoms with Crippen molar-refractivity contribution in [3.8, 4) is 0 Å². The van der Waals surface area contributed by atoms with Gasteiger partial charge in [-0.3, -0.25) is 4.90 Å². The first-order chi connectivity index (χ1) is 12.2. The highest BCUT2D eigenvalue weighted by atomic mass is 32.1. The third-order valence-corrected chi connectivity index (χ3v) is 5.36. The standard InChI is InChI=1S/C19H26N4OS/c1-22(15-18-20-9-11-25-18)19(24)21-12-17-8-5-10-23(14-17)13-16-6-3-2-4-7-16/h2-4,6-7,9,11,17H,5,8,10,12-15H2,1H3,(H,21,24). The molecule has 1 atom stereocenters. The first-order valence-corrected chi connectivity index (χ1v) is 9.72. The highest BCUT2D eigenvalue weighted by molar-refractivity contribution is 7.09. The van der Waals surface area contributed by atoms with Crippen LogP contribution in [-0.4, -0.2) is 47.5 Å². The van der Waals surface area contributed by atoms with E-state index >= 15 is 0 Å². The molecule has 1 unspecified atom stereocenters. The largest absolute Gasteiger partial charge is 0.338 e. The third kappa shape index (κ3) is 5.54. The molecule has 6 heteroatoms. The Morgan fingerprint density at radius 2 is 2.24 bits per heavy atom. The van der Waals surface area contributed by atoms with Crippen molar-refractivity contribution >= 4 is 17.4 Å². The maximum Gasteiger partial charge on any atom is 0.317 e. The van der Waals surface area contributed by atoms with Gasteiger partial charge in [0.1, 0.15) is 5.01 Å². The number of benzene rings is 1. The van der Waals surface area contributed by atoms with Crippen LogP contribution in [0.1, 0.15) is 23.4 Å². The number of rotatable bonds is 6. The third-order valence-electron chi connectivity index (χ3n) is 4.60. The van der Waals surface area contributed by atoms with Gasteiger partial charge in [-0.1, -0.05) is 30.3 Å². The zero-order valence-electron chi connectivity index (χ0n) is 14.7. The lowest BCUT2D eigenvalue weighted by molar-refractivity contribution is 0.161. The summed E-state index contributed by atoms with van der Waals surface area (Å²) in [5, 5.41) is 5.98. The second-order valence-electron chi connectivity index (χ2n) is 6.70. The van der Waals surface area contributed by atoms with Crippen LogP contribution in [-0.2, 0) is 13.1 Å². The van der Waals surface area contributed by atoms with Crippen LogP contribution in [0.4, 0.5) is 4.79 Å². The van der Waals surface area contributed by atoms with E-state index in [4.69, 9.17) is 0 Å². The van der Waals surface area contributed by atoms with E-state index in [2.05, 4.69) is 45.5 Å². The van der Waals surface area contributed by atoms with E-state index in [-0.39, 0.29) is 6.03 Å². The molecule has 3 rings (SSSR count). The molecule has 0 aliphatic carbocycles. The molecular formula is C19H26N4OS. The van der Waals surface area contributed by atoms with Crippen LogP contribution < -0.4 is 5.32 Å². The van der Waals surface area contributed by atoms with Crippen LogP contribution in [0.25, 0.3) is 0 Å². The summed E-state index contributed by atoms with van der Waals surface area (Å²) in [5.74, 6) is 0.523. The molecule has 1 saturated heterocycles. The van der Waals surface area contributed by atoms with E-state index < -0.39 is 0 Å². The molecule has 0 bridgehead atoms. The Morgan fingerprint density at radius 3 is 3.00 bits per heavy atom. The average Bonchev–Trinajstić information content (AvgIpc) is 3.14. The Morgan fingerprint density at radius 1 is 1.40 bits per heavy atom. The van der Waals surface area contributed by atoms with Gasteiger partial charge in [0.05, 0.1) is 6.54 Å². The van der Waals surface area contributed by atoms with Crippen LogP contribution in [0.3, 0.4) is 0 Å². The maximum absolute atomic E-state index is 12.3. The molecule has 1 N–H and O–H groups in total. The second kappa shape index (κ2) is 8.97. The number of thiazole rings is 1. The minimum Gasteiger partial charge on any atom is -0.338 e. The lowest BCUT2D eigenvalue weighted by Gasteiger charge is -2.33. The fourth-order valence-corrected chi connectivity index (χ4v) is 3.94. The Hall–Kier alpha value is -1.92. The van der Waals surface area contributed by atoms with E-state index in [0.717, 1.165) is 31.2 Å². The van der Waals surface area contributed by atoms with Crippen molar-refractivity contribution < 1.29 is 4.79 Å². The molecular weight excluding hydrogens is 332 g/mol. The molecule has 0 saturated carbocycles. The van der Waals surface area contributed by atoms with Gasteiger partial charge < -0.3 is 10.2 Å². The number of amides is 2. The van der Waals surface area contributed by atoms with Gasteiger partial charge >= 0.3 is 6.03 Å². The SMILES string of the molecule is CN(Cc1nccs1)C(=O)NCC1CCCN(Cc2ccccc2)C1. The van der Waals surface area contributed by atoms with Crippen molar-refractivity contribution in [2.75, 3.05) is 26.7 Å². The number of carbonyl (C=O) groups is 1.